The Morgan fingerprint density at radius 1 is 1.13 bits per heavy atom. The highest BCUT2D eigenvalue weighted by Gasteiger charge is 2.49. The van der Waals surface area contributed by atoms with Gasteiger partial charge in [0.15, 0.2) is 5.82 Å². The lowest BCUT2D eigenvalue weighted by Crippen LogP contribution is -2.40. The zero-order chi connectivity index (χ0) is 27.8. The molecule has 1 aliphatic heterocycles. The Bertz CT molecular complexity index is 1540. The predicted octanol–water partition coefficient (Wildman–Crippen LogP) is 5.71. The van der Waals surface area contributed by atoms with Crippen molar-refractivity contribution in [1.82, 2.24) is 15.0 Å². The van der Waals surface area contributed by atoms with Crippen LogP contribution in [-0.4, -0.2) is 40.7 Å². The Kier molecular flexibility index (Phi) is 7.33. The molecule has 0 saturated heterocycles. The molecule has 1 aliphatic carbocycles. The number of aryl methyl sites for hydroxylation is 2. The first-order chi connectivity index (χ1) is 18.6. The van der Waals surface area contributed by atoms with E-state index in [1.807, 2.05) is 17.9 Å². The molecule has 5 rings (SSSR count). The number of rotatable bonds is 9. The van der Waals surface area contributed by atoms with E-state index in [0.29, 0.717) is 29.1 Å². The standard InChI is InChI=1S/C29H35N5O4S/c1-5-6-13-25-31-29(14-9-10-15-29)28(35)34(25)18-22-16-19(2)26(30-17-22)23-11-7-8-12-24(23)39(36,37)33-27-20(3)21(4)38-32-27/h7-8,11-12,16-17H,5-6,9-10,13-15,18H2,1-4H3,(H,32,33). The van der Waals surface area contributed by atoms with Crippen molar-refractivity contribution >= 4 is 27.6 Å². The molecule has 0 unspecified atom stereocenters. The molecule has 3 aromatic rings. The summed E-state index contributed by atoms with van der Waals surface area (Å²) in [6, 6.07) is 8.74. The molecule has 0 radical (unpaired) electrons. The number of anilines is 1. The van der Waals surface area contributed by atoms with Crippen LogP contribution < -0.4 is 4.72 Å². The van der Waals surface area contributed by atoms with Crippen molar-refractivity contribution in [1.29, 1.82) is 0 Å². The number of unbranched alkanes of at least 4 members (excludes halogenated alkanes) is 1. The van der Waals surface area contributed by atoms with Gasteiger partial charge in [-0.15, -0.1) is 0 Å². The van der Waals surface area contributed by atoms with Crippen molar-refractivity contribution in [2.75, 3.05) is 4.72 Å². The van der Waals surface area contributed by atoms with E-state index >= 15 is 0 Å². The Hall–Kier alpha value is -3.53. The van der Waals surface area contributed by atoms with E-state index in [2.05, 4.69) is 16.8 Å². The van der Waals surface area contributed by atoms with Crippen LogP contribution in [0.1, 0.15) is 74.3 Å². The molecule has 1 fully saturated rings. The van der Waals surface area contributed by atoms with Crippen molar-refractivity contribution in [3.05, 3.63) is 59.0 Å². The minimum Gasteiger partial charge on any atom is -0.359 e. The lowest BCUT2D eigenvalue weighted by molar-refractivity contribution is -0.131. The molecule has 0 atom stereocenters. The number of amides is 1. The molecule has 39 heavy (non-hydrogen) atoms. The largest absolute Gasteiger partial charge is 0.359 e. The number of sulfonamides is 1. The highest BCUT2D eigenvalue weighted by Crippen LogP contribution is 2.40. The van der Waals surface area contributed by atoms with Crippen LogP contribution in [0.3, 0.4) is 0 Å². The molecule has 10 heteroatoms. The topological polar surface area (TPSA) is 118 Å². The number of nitrogens with one attached hydrogen (secondary N) is 1. The fourth-order valence-corrected chi connectivity index (χ4v) is 6.74. The Morgan fingerprint density at radius 3 is 2.54 bits per heavy atom. The predicted molar refractivity (Wildman–Crippen MR) is 150 cm³/mol. The van der Waals surface area contributed by atoms with Crippen molar-refractivity contribution in [2.45, 2.75) is 89.6 Å². The molecular formula is C29H35N5O4S. The fraction of sp³-hybridized carbons (Fsp3) is 0.448. The third kappa shape index (κ3) is 5.09. The number of carbonyl (C=O) groups is 1. The molecule has 2 aromatic heterocycles. The maximum atomic E-state index is 13.5. The van der Waals surface area contributed by atoms with E-state index in [9.17, 15) is 13.2 Å². The first-order valence-corrected chi connectivity index (χ1v) is 15.0. The second-order valence-corrected chi connectivity index (χ2v) is 12.2. The van der Waals surface area contributed by atoms with Gasteiger partial charge in [-0.1, -0.05) is 55.6 Å². The number of aromatic nitrogens is 2. The van der Waals surface area contributed by atoms with E-state index in [4.69, 9.17) is 14.5 Å². The molecule has 1 amide bonds. The van der Waals surface area contributed by atoms with Crippen LogP contribution in [-0.2, 0) is 21.4 Å². The zero-order valence-corrected chi connectivity index (χ0v) is 23.8. The Labute approximate surface area is 229 Å². The average Bonchev–Trinajstić information content (AvgIpc) is 3.59. The molecule has 1 spiro atoms. The number of amidine groups is 1. The number of hydrogen-bond acceptors (Lipinski definition) is 7. The summed E-state index contributed by atoms with van der Waals surface area (Å²) < 4.78 is 34.4. The zero-order valence-electron chi connectivity index (χ0n) is 23.0. The minimum absolute atomic E-state index is 0.0975. The van der Waals surface area contributed by atoms with Crippen LogP contribution in [0, 0.1) is 20.8 Å². The summed E-state index contributed by atoms with van der Waals surface area (Å²) in [4.78, 5) is 25.1. The van der Waals surface area contributed by atoms with Gasteiger partial charge in [0, 0.05) is 23.7 Å². The first kappa shape index (κ1) is 27.1. The van der Waals surface area contributed by atoms with Crippen molar-refractivity contribution < 1.29 is 17.7 Å². The Balaban J connectivity index is 1.42. The number of hydrogen-bond donors (Lipinski definition) is 1. The van der Waals surface area contributed by atoms with E-state index in [0.717, 1.165) is 61.9 Å². The van der Waals surface area contributed by atoms with E-state index in [1.54, 1.807) is 44.3 Å². The molecule has 1 aromatic carbocycles. The van der Waals surface area contributed by atoms with Gasteiger partial charge in [0.1, 0.15) is 17.1 Å². The molecule has 0 bridgehead atoms. The quantitative estimate of drug-likeness (QED) is 0.365. The number of pyridine rings is 1. The van der Waals surface area contributed by atoms with Crippen molar-refractivity contribution in [3.63, 3.8) is 0 Å². The van der Waals surface area contributed by atoms with E-state index < -0.39 is 15.6 Å². The summed E-state index contributed by atoms with van der Waals surface area (Å²) >= 11 is 0. The van der Waals surface area contributed by atoms with Crippen LogP contribution in [0.5, 0.6) is 0 Å². The van der Waals surface area contributed by atoms with E-state index in [-0.39, 0.29) is 16.6 Å². The SMILES string of the molecule is CCCCC1=NC2(CCCC2)C(=O)N1Cc1cnc(-c2ccccc2S(=O)(=O)Nc2noc(C)c2C)c(C)c1. The van der Waals surface area contributed by atoms with Crippen molar-refractivity contribution in [3.8, 4) is 11.3 Å². The van der Waals surface area contributed by atoms with Gasteiger partial charge in [-0.2, -0.15) is 0 Å². The summed E-state index contributed by atoms with van der Waals surface area (Å²) in [5.41, 5.74) is 2.81. The summed E-state index contributed by atoms with van der Waals surface area (Å²) in [6.45, 7) is 7.93. The van der Waals surface area contributed by atoms with Crippen LogP contribution in [0.2, 0.25) is 0 Å². The summed E-state index contributed by atoms with van der Waals surface area (Å²) in [7, 11) is -3.96. The van der Waals surface area contributed by atoms with Crippen LogP contribution in [0.25, 0.3) is 11.3 Å². The van der Waals surface area contributed by atoms with E-state index in [1.165, 1.54) is 0 Å². The van der Waals surface area contributed by atoms with Crippen molar-refractivity contribution in [2.24, 2.45) is 4.99 Å². The second-order valence-electron chi connectivity index (χ2n) is 10.6. The molecule has 9 nitrogen and oxygen atoms in total. The molecule has 3 heterocycles. The third-order valence-electron chi connectivity index (χ3n) is 7.78. The number of benzene rings is 1. The number of aliphatic imine (C=N–C) groups is 1. The molecular weight excluding hydrogens is 514 g/mol. The monoisotopic (exact) mass is 549 g/mol. The van der Waals surface area contributed by atoms with Gasteiger partial charge in [-0.25, -0.2) is 8.42 Å². The number of carbonyl (C=O) groups excluding carboxylic acids is 1. The normalized spacial score (nSPS) is 16.8. The van der Waals surface area contributed by atoms with Gasteiger partial charge < -0.3 is 4.52 Å². The van der Waals surface area contributed by atoms with Gasteiger partial charge in [0.2, 0.25) is 0 Å². The maximum Gasteiger partial charge on any atom is 0.263 e. The molecule has 1 saturated carbocycles. The minimum atomic E-state index is -3.96. The van der Waals surface area contributed by atoms with Gasteiger partial charge >= 0.3 is 0 Å². The fourth-order valence-electron chi connectivity index (χ4n) is 5.47. The van der Waals surface area contributed by atoms with Crippen LogP contribution in [0.15, 0.2) is 50.9 Å². The maximum absolute atomic E-state index is 13.5. The smallest absolute Gasteiger partial charge is 0.263 e. The Morgan fingerprint density at radius 2 is 1.87 bits per heavy atom. The highest BCUT2D eigenvalue weighted by molar-refractivity contribution is 7.92. The molecule has 2 aliphatic rings. The molecule has 206 valence electrons. The van der Waals surface area contributed by atoms with Crippen LogP contribution >= 0.6 is 0 Å². The third-order valence-corrected chi connectivity index (χ3v) is 9.18. The van der Waals surface area contributed by atoms with Gasteiger partial charge in [-0.3, -0.25) is 24.4 Å². The van der Waals surface area contributed by atoms with Gasteiger partial charge in [-0.05, 0) is 57.2 Å². The summed E-state index contributed by atoms with van der Waals surface area (Å²) in [6.07, 6.45) is 8.25. The second kappa shape index (κ2) is 10.6. The molecule has 1 N–H and O–H groups in total. The summed E-state index contributed by atoms with van der Waals surface area (Å²) in [5, 5.41) is 3.84. The lowest BCUT2D eigenvalue weighted by atomic mass is 9.98. The lowest BCUT2D eigenvalue weighted by Gasteiger charge is -2.23. The highest BCUT2D eigenvalue weighted by atomic mass is 32.2. The average molecular weight is 550 g/mol. The number of nitrogens with zero attached hydrogens (tertiary/aromatic N) is 4. The van der Waals surface area contributed by atoms with Crippen LogP contribution in [0.4, 0.5) is 5.82 Å². The van der Waals surface area contributed by atoms with Gasteiger partial charge in [0.05, 0.1) is 17.1 Å². The summed E-state index contributed by atoms with van der Waals surface area (Å²) in [5.74, 6) is 1.70. The first-order valence-electron chi connectivity index (χ1n) is 13.6. The van der Waals surface area contributed by atoms with Gasteiger partial charge in [0.25, 0.3) is 15.9 Å².